The van der Waals surface area contributed by atoms with E-state index in [9.17, 15) is 41.1 Å². The van der Waals surface area contributed by atoms with Crippen LogP contribution in [0.25, 0.3) is 10.8 Å². The standard InChI is InChI=1S/C42H54F3N5O9S/c1-5-25-19-24(2)11-6-7-12-26-21-42(26,38(53)48-60(56,57)41(23-43)16-17-41)47-33(51)31-20-27(22-49(31)36(52)32(25)50(39(54)55)40(3,4)37(44)45)59-35-30-14-9-8-13-28(30)29-15-10-18-58-34(29)46-35/h7-9,12-14,24-27,31-32,37H,5-6,10-11,15-23H2,1-4H3,(H,47,51)(H,48,53)(H,54,55)/b12-7-/t24-,25-,26-,27-,31+,32+,42-/m1/s1. The first-order chi connectivity index (χ1) is 28.4. The number of carboxylic acid groups (broad SMARTS) is 1. The summed E-state index contributed by atoms with van der Waals surface area (Å²) in [6.07, 6.45) is 0.677. The number of hydrogen-bond donors (Lipinski definition) is 3. The number of amides is 4. The molecule has 0 radical (unpaired) electrons. The number of fused-ring (bicyclic) bond motifs is 5. The fourth-order valence-corrected chi connectivity index (χ4v) is 10.6. The Hall–Kier alpha value is -4.61. The molecule has 2 aromatic rings. The van der Waals surface area contributed by atoms with Crippen molar-refractivity contribution in [2.75, 3.05) is 19.8 Å². The van der Waals surface area contributed by atoms with Crippen LogP contribution in [0.1, 0.15) is 91.0 Å². The van der Waals surface area contributed by atoms with Crippen LogP contribution in [0, 0.1) is 17.8 Å². The molecule has 5 aliphatic rings. The van der Waals surface area contributed by atoms with Crippen molar-refractivity contribution in [3.63, 3.8) is 0 Å². The number of nitrogens with zero attached hydrogens (tertiary/aromatic N) is 3. The third-order valence-corrected chi connectivity index (χ3v) is 15.4. The van der Waals surface area contributed by atoms with Crippen LogP contribution >= 0.6 is 0 Å². The van der Waals surface area contributed by atoms with Crippen molar-refractivity contribution in [3.8, 4) is 11.8 Å². The SMILES string of the molecule is CC[C@@H]1C[C@H](C)CC/C=C\[C@@H]2C[C@@]2(C(=O)NS(=O)(=O)C2(CF)CC2)NC(=O)[C@@H]2C[C@@H](Oc3nc4c(c5ccccc35)CCCO4)CN2C(=O)[C@H]1N(C(=O)O)C(C)(C)C(F)F. The number of aromatic nitrogens is 1. The average molecular weight is 862 g/mol. The zero-order chi connectivity index (χ0) is 43.4. The Balaban J connectivity index is 1.30. The quantitative estimate of drug-likeness (QED) is 0.257. The molecule has 0 spiro atoms. The third kappa shape index (κ3) is 7.88. The van der Waals surface area contributed by atoms with E-state index in [-0.39, 0.29) is 50.4 Å². The van der Waals surface area contributed by atoms with Crippen molar-refractivity contribution in [1.29, 1.82) is 0 Å². The average Bonchev–Trinajstić information content (AvgIpc) is 4.11. The van der Waals surface area contributed by atoms with Gasteiger partial charge >= 0.3 is 6.09 Å². The molecule has 1 aromatic heterocycles. The number of ether oxygens (including phenoxy) is 2. The van der Waals surface area contributed by atoms with Crippen molar-refractivity contribution in [1.82, 2.24) is 24.8 Å². The summed E-state index contributed by atoms with van der Waals surface area (Å²) in [7, 11) is -4.47. The topological polar surface area (TPSA) is 185 Å². The van der Waals surface area contributed by atoms with Gasteiger partial charge in [-0.05, 0) is 88.5 Å². The lowest BCUT2D eigenvalue weighted by molar-refractivity contribution is -0.149. The minimum Gasteiger partial charge on any atom is -0.477 e. The molecule has 328 valence electrons. The molecule has 18 heteroatoms. The smallest absolute Gasteiger partial charge is 0.408 e. The minimum absolute atomic E-state index is 0.0102. The van der Waals surface area contributed by atoms with E-state index in [1.54, 1.807) is 13.0 Å². The predicted octanol–water partition coefficient (Wildman–Crippen LogP) is 5.53. The van der Waals surface area contributed by atoms with E-state index in [0.29, 0.717) is 42.0 Å². The van der Waals surface area contributed by atoms with Gasteiger partial charge < -0.3 is 24.8 Å². The fourth-order valence-electron chi connectivity index (χ4n) is 9.21. The number of allylic oxidation sites excluding steroid dienone is 1. The molecule has 4 amide bonds. The second kappa shape index (κ2) is 16.3. The van der Waals surface area contributed by atoms with Gasteiger partial charge in [-0.15, -0.1) is 0 Å². The highest BCUT2D eigenvalue weighted by Crippen LogP contribution is 2.48. The number of pyridine rings is 1. The Kier molecular flexibility index (Phi) is 11.8. The second-order valence-corrected chi connectivity index (χ2v) is 19.8. The molecule has 2 aliphatic carbocycles. The Morgan fingerprint density at radius 2 is 1.90 bits per heavy atom. The Bertz CT molecular complexity index is 2170. The van der Waals surface area contributed by atoms with E-state index >= 15 is 4.79 Å². The van der Waals surface area contributed by atoms with Gasteiger partial charge in [0, 0.05) is 23.3 Å². The number of carbonyl (C=O) groups is 4. The van der Waals surface area contributed by atoms with Gasteiger partial charge in [-0.2, -0.15) is 4.98 Å². The summed E-state index contributed by atoms with van der Waals surface area (Å²) >= 11 is 0. The van der Waals surface area contributed by atoms with E-state index < -0.39 is 92.8 Å². The van der Waals surface area contributed by atoms with E-state index in [4.69, 9.17) is 14.5 Å². The van der Waals surface area contributed by atoms with Gasteiger partial charge in [0.15, 0.2) is 0 Å². The normalized spacial score (nSPS) is 29.8. The monoisotopic (exact) mass is 861 g/mol. The number of halogens is 3. The van der Waals surface area contributed by atoms with Crippen LogP contribution < -0.4 is 19.5 Å². The number of alkyl halides is 3. The minimum atomic E-state index is -4.47. The van der Waals surface area contributed by atoms with Gasteiger partial charge in [0.25, 0.3) is 12.3 Å². The van der Waals surface area contributed by atoms with Crippen LogP contribution in [-0.4, -0.2) is 112 Å². The van der Waals surface area contributed by atoms with Crippen LogP contribution in [0.15, 0.2) is 36.4 Å². The molecule has 0 unspecified atom stereocenters. The lowest BCUT2D eigenvalue weighted by Crippen LogP contribution is -2.65. The highest BCUT2D eigenvalue weighted by atomic mass is 32.2. The van der Waals surface area contributed by atoms with Crippen molar-refractivity contribution in [3.05, 3.63) is 42.0 Å². The van der Waals surface area contributed by atoms with Gasteiger partial charge in [0.1, 0.15) is 40.7 Å². The Morgan fingerprint density at radius 3 is 2.55 bits per heavy atom. The summed E-state index contributed by atoms with van der Waals surface area (Å²) in [5.74, 6) is -3.74. The van der Waals surface area contributed by atoms with E-state index in [0.717, 1.165) is 42.5 Å². The summed E-state index contributed by atoms with van der Waals surface area (Å²) in [5, 5.41) is 14.9. The number of nitrogens with one attached hydrogen (secondary N) is 2. The Morgan fingerprint density at radius 1 is 1.18 bits per heavy atom. The first kappa shape index (κ1) is 43.5. The summed E-state index contributed by atoms with van der Waals surface area (Å²) in [6.45, 7) is 4.77. The maximum absolute atomic E-state index is 15.2. The maximum atomic E-state index is 15.2. The lowest BCUT2D eigenvalue weighted by Gasteiger charge is -2.45. The molecule has 1 aromatic carbocycles. The van der Waals surface area contributed by atoms with E-state index in [1.165, 1.54) is 0 Å². The highest BCUT2D eigenvalue weighted by molar-refractivity contribution is 7.91. The maximum Gasteiger partial charge on any atom is 0.408 e. The van der Waals surface area contributed by atoms with E-state index in [2.05, 4.69) is 5.32 Å². The molecular formula is C42H54F3N5O9S. The third-order valence-electron chi connectivity index (χ3n) is 13.3. The molecule has 3 aliphatic heterocycles. The lowest BCUT2D eigenvalue weighted by atomic mass is 9.82. The summed E-state index contributed by atoms with van der Waals surface area (Å²) in [4.78, 5) is 63.4. The molecule has 14 nitrogen and oxygen atoms in total. The van der Waals surface area contributed by atoms with Crippen molar-refractivity contribution < 1.29 is 55.3 Å². The van der Waals surface area contributed by atoms with Crippen LogP contribution in [0.5, 0.6) is 11.8 Å². The van der Waals surface area contributed by atoms with Crippen molar-refractivity contribution >= 4 is 44.6 Å². The number of sulfonamides is 1. The fraction of sp³-hybridized carbons (Fsp3) is 0.643. The molecule has 3 N–H and O–H groups in total. The largest absolute Gasteiger partial charge is 0.477 e. The molecule has 1 saturated heterocycles. The summed E-state index contributed by atoms with van der Waals surface area (Å²) in [6, 6.07) is 4.34. The zero-order valence-electron chi connectivity index (χ0n) is 34.3. The zero-order valence-corrected chi connectivity index (χ0v) is 35.1. The molecule has 2 saturated carbocycles. The molecule has 0 bridgehead atoms. The van der Waals surface area contributed by atoms with Crippen LogP contribution in [-0.2, 0) is 30.8 Å². The summed E-state index contributed by atoms with van der Waals surface area (Å²) in [5.41, 5.74) is -3.20. The molecule has 7 atom stereocenters. The molecule has 7 rings (SSSR count). The molecule has 3 fully saturated rings. The van der Waals surface area contributed by atoms with Gasteiger partial charge in [0.2, 0.25) is 33.6 Å². The highest BCUT2D eigenvalue weighted by Gasteiger charge is 2.64. The number of hydrogen-bond acceptors (Lipinski definition) is 9. The molecule has 60 heavy (non-hydrogen) atoms. The number of carbonyl (C=O) groups excluding carboxylic acids is 3. The number of aryl methyl sites for hydroxylation is 1. The van der Waals surface area contributed by atoms with Crippen molar-refractivity contribution in [2.24, 2.45) is 17.8 Å². The van der Waals surface area contributed by atoms with Gasteiger partial charge in [-0.1, -0.05) is 50.6 Å². The number of rotatable bonds is 10. The van der Waals surface area contributed by atoms with Crippen LogP contribution in [0.4, 0.5) is 18.0 Å². The molecular weight excluding hydrogens is 808 g/mol. The number of benzene rings is 1. The van der Waals surface area contributed by atoms with Gasteiger partial charge in [-0.25, -0.2) is 26.4 Å². The molecule has 4 heterocycles. The first-order valence-corrected chi connectivity index (χ1v) is 22.3. The first-order valence-electron chi connectivity index (χ1n) is 20.8. The van der Waals surface area contributed by atoms with Crippen LogP contribution in [0.3, 0.4) is 0 Å². The van der Waals surface area contributed by atoms with Gasteiger partial charge in [0.05, 0.1) is 13.2 Å². The predicted molar refractivity (Wildman–Crippen MR) is 214 cm³/mol. The second-order valence-electron chi connectivity index (χ2n) is 17.8. The Labute approximate surface area is 347 Å². The van der Waals surface area contributed by atoms with Crippen LogP contribution in [0.2, 0.25) is 0 Å². The van der Waals surface area contributed by atoms with Crippen molar-refractivity contribution in [2.45, 2.75) is 132 Å². The summed E-state index contributed by atoms with van der Waals surface area (Å²) < 4.78 is 82.8. The van der Waals surface area contributed by atoms with E-state index in [1.807, 2.05) is 42.0 Å². The van der Waals surface area contributed by atoms with Gasteiger partial charge in [-0.3, -0.25) is 24.0 Å².